The van der Waals surface area contributed by atoms with E-state index in [0.717, 1.165) is 23.1 Å². The van der Waals surface area contributed by atoms with Crippen LogP contribution in [0, 0.1) is 25.6 Å². The molecule has 0 amide bonds. The summed E-state index contributed by atoms with van der Waals surface area (Å²) >= 11 is 0. The molecule has 20 heavy (non-hydrogen) atoms. The third kappa shape index (κ3) is 2.38. The van der Waals surface area contributed by atoms with Crippen LogP contribution in [0.4, 0.5) is 4.39 Å². The second kappa shape index (κ2) is 4.86. The third-order valence-corrected chi connectivity index (χ3v) is 4.22. The van der Waals surface area contributed by atoms with Crippen molar-refractivity contribution in [2.75, 3.05) is 0 Å². The molecule has 2 unspecified atom stereocenters. The molecule has 3 rings (SSSR count). The lowest BCUT2D eigenvalue weighted by Gasteiger charge is -2.05. The molecular weight excluding hydrogens is 251 g/mol. The van der Waals surface area contributed by atoms with E-state index in [9.17, 15) is 9.18 Å². The lowest BCUT2D eigenvalue weighted by Crippen LogP contribution is -2.04. The molecule has 0 spiro atoms. The van der Waals surface area contributed by atoms with E-state index in [1.54, 1.807) is 12.1 Å². The Morgan fingerprint density at radius 3 is 2.40 bits per heavy atom. The maximum atomic E-state index is 12.9. The molecule has 1 saturated carbocycles. The Kier molecular flexibility index (Phi) is 3.17. The highest BCUT2D eigenvalue weighted by Gasteiger charge is 2.43. The number of benzene rings is 2. The summed E-state index contributed by atoms with van der Waals surface area (Å²) in [5.41, 5.74) is 4.21. The van der Waals surface area contributed by atoms with Crippen molar-refractivity contribution in [3.63, 3.8) is 0 Å². The van der Waals surface area contributed by atoms with Crippen molar-refractivity contribution in [3.8, 4) is 0 Å². The van der Waals surface area contributed by atoms with E-state index in [-0.39, 0.29) is 23.4 Å². The number of rotatable bonds is 3. The van der Waals surface area contributed by atoms with Crippen LogP contribution in [0.25, 0.3) is 0 Å². The van der Waals surface area contributed by atoms with Crippen molar-refractivity contribution in [2.24, 2.45) is 5.92 Å². The Labute approximate surface area is 118 Å². The van der Waals surface area contributed by atoms with E-state index in [0.29, 0.717) is 0 Å². The molecule has 2 atom stereocenters. The normalized spacial score (nSPS) is 20.8. The molecule has 1 fully saturated rings. The van der Waals surface area contributed by atoms with Crippen molar-refractivity contribution in [2.45, 2.75) is 26.2 Å². The van der Waals surface area contributed by atoms with Gasteiger partial charge in [-0.1, -0.05) is 24.3 Å². The average Bonchev–Trinajstić information content (AvgIpc) is 3.22. The second-order valence-corrected chi connectivity index (χ2v) is 5.66. The van der Waals surface area contributed by atoms with Crippen LogP contribution in [-0.4, -0.2) is 5.78 Å². The molecule has 2 heteroatoms. The molecule has 102 valence electrons. The molecule has 0 aromatic heterocycles. The lowest BCUT2D eigenvalue weighted by atomic mass is 9.99. The number of halogens is 1. The number of Topliss-reactive ketones (excluding diaryl/α,β-unsaturated/α-hetero) is 1. The summed E-state index contributed by atoms with van der Waals surface area (Å²) in [6, 6.07) is 12.4. The van der Waals surface area contributed by atoms with Gasteiger partial charge in [-0.3, -0.25) is 4.79 Å². The molecular formula is C18H17FO. The first-order valence-electron chi connectivity index (χ1n) is 6.93. The first kappa shape index (κ1) is 13.0. The summed E-state index contributed by atoms with van der Waals surface area (Å²) in [6.45, 7) is 4.07. The van der Waals surface area contributed by atoms with Gasteiger partial charge in [0.25, 0.3) is 0 Å². The van der Waals surface area contributed by atoms with Crippen molar-refractivity contribution in [1.29, 1.82) is 0 Å². The smallest absolute Gasteiger partial charge is 0.166 e. The summed E-state index contributed by atoms with van der Waals surface area (Å²) in [5.74, 6) is 0.293. The van der Waals surface area contributed by atoms with Gasteiger partial charge in [-0.2, -0.15) is 0 Å². The van der Waals surface area contributed by atoms with E-state index < -0.39 is 0 Å². The summed E-state index contributed by atoms with van der Waals surface area (Å²) in [6.07, 6.45) is 0.872. The fourth-order valence-corrected chi connectivity index (χ4v) is 2.67. The standard InChI is InChI=1S/C18H17FO/c1-11-3-4-14(9-12(11)2)18(20)17-10-16(17)13-5-7-15(19)8-6-13/h3-9,16-17H,10H2,1-2H3. The van der Waals surface area contributed by atoms with Gasteiger partial charge in [-0.05, 0) is 61.1 Å². The first-order valence-corrected chi connectivity index (χ1v) is 6.93. The number of aryl methyl sites for hydroxylation is 2. The van der Waals surface area contributed by atoms with Crippen LogP contribution in [0.3, 0.4) is 0 Å². The predicted molar refractivity (Wildman–Crippen MR) is 77.5 cm³/mol. The van der Waals surface area contributed by atoms with E-state index in [2.05, 4.69) is 0 Å². The monoisotopic (exact) mass is 268 g/mol. The van der Waals surface area contributed by atoms with Crippen molar-refractivity contribution in [1.82, 2.24) is 0 Å². The van der Waals surface area contributed by atoms with Gasteiger partial charge >= 0.3 is 0 Å². The number of carbonyl (C=O) groups excluding carboxylic acids is 1. The van der Waals surface area contributed by atoms with Crippen LogP contribution in [0.15, 0.2) is 42.5 Å². The molecule has 0 saturated heterocycles. The fraction of sp³-hybridized carbons (Fsp3) is 0.278. The number of ketones is 1. The molecule has 2 aromatic carbocycles. The third-order valence-electron chi connectivity index (χ3n) is 4.22. The van der Waals surface area contributed by atoms with Gasteiger partial charge in [0.2, 0.25) is 0 Å². The summed E-state index contributed by atoms with van der Waals surface area (Å²) in [5, 5.41) is 0. The van der Waals surface area contributed by atoms with Crippen LogP contribution < -0.4 is 0 Å². The van der Waals surface area contributed by atoms with Crippen LogP contribution in [0.5, 0.6) is 0 Å². The van der Waals surface area contributed by atoms with Crippen LogP contribution in [0.1, 0.15) is 39.4 Å². The van der Waals surface area contributed by atoms with Gasteiger partial charge < -0.3 is 0 Å². The largest absolute Gasteiger partial charge is 0.294 e. The zero-order valence-electron chi connectivity index (χ0n) is 11.7. The quantitative estimate of drug-likeness (QED) is 0.753. The highest BCUT2D eigenvalue weighted by molar-refractivity contribution is 6.00. The molecule has 0 N–H and O–H groups in total. The highest BCUT2D eigenvalue weighted by Crippen LogP contribution is 2.49. The van der Waals surface area contributed by atoms with Gasteiger partial charge in [0.1, 0.15) is 5.82 Å². The number of hydrogen-bond donors (Lipinski definition) is 0. The molecule has 1 aliphatic rings. The predicted octanol–water partition coefficient (Wildman–Crippen LogP) is 4.43. The van der Waals surface area contributed by atoms with Gasteiger partial charge in [-0.25, -0.2) is 4.39 Å². The van der Waals surface area contributed by atoms with Crippen LogP contribution >= 0.6 is 0 Å². The number of hydrogen-bond acceptors (Lipinski definition) is 1. The molecule has 0 radical (unpaired) electrons. The molecule has 0 bridgehead atoms. The Hall–Kier alpha value is -1.96. The van der Waals surface area contributed by atoms with E-state index in [1.165, 1.54) is 17.7 Å². The average molecular weight is 268 g/mol. The molecule has 0 aliphatic heterocycles. The lowest BCUT2D eigenvalue weighted by molar-refractivity contribution is 0.0965. The summed E-state index contributed by atoms with van der Waals surface area (Å²) in [7, 11) is 0. The Bertz CT molecular complexity index is 658. The van der Waals surface area contributed by atoms with E-state index in [1.807, 2.05) is 32.0 Å². The minimum atomic E-state index is -0.230. The number of carbonyl (C=O) groups is 1. The van der Waals surface area contributed by atoms with E-state index >= 15 is 0 Å². The van der Waals surface area contributed by atoms with Crippen molar-refractivity contribution < 1.29 is 9.18 Å². The summed E-state index contributed by atoms with van der Waals surface area (Å²) < 4.78 is 12.9. The minimum absolute atomic E-state index is 0.0579. The first-order chi connectivity index (χ1) is 9.56. The Morgan fingerprint density at radius 2 is 1.75 bits per heavy atom. The zero-order valence-corrected chi connectivity index (χ0v) is 11.7. The SMILES string of the molecule is Cc1ccc(C(=O)C2CC2c2ccc(F)cc2)cc1C. The second-order valence-electron chi connectivity index (χ2n) is 5.66. The Balaban J connectivity index is 1.77. The van der Waals surface area contributed by atoms with Gasteiger partial charge in [0, 0.05) is 11.5 Å². The van der Waals surface area contributed by atoms with Crippen molar-refractivity contribution in [3.05, 3.63) is 70.5 Å². The summed E-state index contributed by atoms with van der Waals surface area (Å²) in [4.78, 5) is 12.4. The van der Waals surface area contributed by atoms with E-state index in [4.69, 9.17) is 0 Å². The fourth-order valence-electron chi connectivity index (χ4n) is 2.67. The molecule has 2 aromatic rings. The topological polar surface area (TPSA) is 17.1 Å². The maximum Gasteiger partial charge on any atom is 0.166 e. The zero-order chi connectivity index (χ0) is 14.3. The molecule has 0 heterocycles. The van der Waals surface area contributed by atoms with Gasteiger partial charge in [-0.15, -0.1) is 0 Å². The van der Waals surface area contributed by atoms with Crippen LogP contribution in [0.2, 0.25) is 0 Å². The van der Waals surface area contributed by atoms with Gasteiger partial charge in [0.15, 0.2) is 5.78 Å². The van der Waals surface area contributed by atoms with Gasteiger partial charge in [0.05, 0.1) is 0 Å². The van der Waals surface area contributed by atoms with Crippen molar-refractivity contribution >= 4 is 5.78 Å². The highest BCUT2D eigenvalue weighted by atomic mass is 19.1. The molecule has 1 nitrogen and oxygen atoms in total. The minimum Gasteiger partial charge on any atom is -0.294 e. The Morgan fingerprint density at radius 1 is 1.05 bits per heavy atom. The molecule has 1 aliphatic carbocycles. The maximum absolute atomic E-state index is 12.9. The van der Waals surface area contributed by atoms with Crippen LogP contribution in [-0.2, 0) is 0 Å².